The Hall–Kier alpha value is -1.32. The summed E-state index contributed by atoms with van der Waals surface area (Å²) in [4.78, 5) is 18.4. The van der Waals surface area contributed by atoms with Crippen LogP contribution in [0.4, 0.5) is 0 Å². The number of likely N-dealkylation sites (tertiary alicyclic amines) is 1. The molecule has 2 rings (SSSR count). The van der Waals surface area contributed by atoms with Crippen molar-refractivity contribution in [1.82, 2.24) is 15.4 Å². The van der Waals surface area contributed by atoms with Crippen molar-refractivity contribution in [2.45, 2.75) is 58.9 Å². The molecule has 1 fully saturated rings. The summed E-state index contributed by atoms with van der Waals surface area (Å²) in [5.41, 5.74) is 1.03. The lowest BCUT2D eigenvalue weighted by Gasteiger charge is -2.33. The molecule has 1 aliphatic rings. The van der Waals surface area contributed by atoms with E-state index in [1.165, 1.54) is 0 Å². The van der Waals surface area contributed by atoms with Crippen molar-refractivity contribution in [1.29, 1.82) is 0 Å². The van der Waals surface area contributed by atoms with Crippen LogP contribution >= 0.6 is 24.0 Å². The number of guanidine groups is 1. The van der Waals surface area contributed by atoms with Gasteiger partial charge in [0.05, 0.1) is 24.8 Å². The Labute approximate surface area is 179 Å². The number of nitrogens with zero attached hydrogens (tertiary/aromatic N) is 3. The predicted octanol–water partition coefficient (Wildman–Crippen LogP) is 3.55. The molecule has 7 nitrogen and oxygen atoms in total. The van der Waals surface area contributed by atoms with Crippen LogP contribution in [-0.4, -0.2) is 48.7 Å². The fraction of sp³-hybridized carbons (Fsp3) is 0.737. The van der Waals surface area contributed by atoms with E-state index in [1.54, 1.807) is 7.05 Å². The lowest BCUT2D eigenvalue weighted by molar-refractivity contribution is -0.149. The second-order valence-corrected chi connectivity index (χ2v) is 6.65. The second kappa shape index (κ2) is 12.2. The second-order valence-electron chi connectivity index (χ2n) is 6.65. The van der Waals surface area contributed by atoms with E-state index in [0.29, 0.717) is 19.1 Å². The van der Waals surface area contributed by atoms with Crippen molar-refractivity contribution in [3.63, 3.8) is 0 Å². The highest BCUT2D eigenvalue weighted by Gasteiger charge is 2.27. The first-order chi connectivity index (χ1) is 12.6. The molecule has 8 heteroatoms. The van der Waals surface area contributed by atoms with Crippen molar-refractivity contribution in [3.05, 3.63) is 17.5 Å². The van der Waals surface area contributed by atoms with E-state index in [-0.39, 0.29) is 35.9 Å². The molecule has 0 amide bonds. The van der Waals surface area contributed by atoms with Crippen LogP contribution in [0.3, 0.4) is 0 Å². The molecule has 0 atom stereocenters. The van der Waals surface area contributed by atoms with Gasteiger partial charge in [-0.25, -0.2) is 0 Å². The first-order valence-electron chi connectivity index (χ1n) is 9.70. The van der Waals surface area contributed by atoms with Crippen molar-refractivity contribution in [3.8, 4) is 0 Å². The van der Waals surface area contributed by atoms with Crippen LogP contribution in [0.5, 0.6) is 0 Å². The topological polar surface area (TPSA) is 80.0 Å². The fourth-order valence-corrected chi connectivity index (χ4v) is 3.40. The summed E-state index contributed by atoms with van der Waals surface area (Å²) in [6.45, 7) is 8.76. The van der Waals surface area contributed by atoms with Gasteiger partial charge in [0, 0.05) is 32.1 Å². The van der Waals surface area contributed by atoms with E-state index in [2.05, 4.69) is 34.2 Å². The highest BCUT2D eigenvalue weighted by Crippen LogP contribution is 2.22. The highest BCUT2D eigenvalue weighted by molar-refractivity contribution is 14.0. The number of ether oxygens (including phenoxy) is 1. The van der Waals surface area contributed by atoms with Gasteiger partial charge in [0.25, 0.3) is 0 Å². The number of aliphatic imine (C=N–C) groups is 1. The maximum absolute atomic E-state index is 11.9. The SMILES string of the molecule is CCOC(=O)C1CCN(C(=NC)NCc2cc(C(CC)CC)no2)CC1.I. The summed E-state index contributed by atoms with van der Waals surface area (Å²) in [6.07, 6.45) is 3.71. The third-order valence-electron chi connectivity index (χ3n) is 5.03. The molecule has 0 bridgehead atoms. The van der Waals surface area contributed by atoms with E-state index < -0.39 is 0 Å². The molecule has 0 unspecified atom stereocenters. The molecular formula is C19H33IN4O3. The Balaban J connectivity index is 0.00000364. The number of hydrogen-bond donors (Lipinski definition) is 1. The normalized spacial score (nSPS) is 15.6. The molecule has 1 N–H and O–H groups in total. The Morgan fingerprint density at radius 1 is 1.37 bits per heavy atom. The molecule has 0 aliphatic carbocycles. The average molecular weight is 492 g/mol. The monoisotopic (exact) mass is 492 g/mol. The summed E-state index contributed by atoms with van der Waals surface area (Å²) < 4.78 is 10.6. The summed E-state index contributed by atoms with van der Waals surface area (Å²) >= 11 is 0. The zero-order chi connectivity index (χ0) is 18.9. The standard InChI is InChI=1S/C19H32N4O3.HI/c1-5-14(6-2)17-12-16(26-22-17)13-21-19(20-4)23-10-8-15(9-11-23)18(24)25-7-3;/h12,14-15H,5-11,13H2,1-4H3,(H,20,21);1H. The van der Waals surface area contributed by atoms with Gasteiger partial charge in [0.2, 0.25) is 0 Å². The fourth-order valence-electron chi connectivity index (χ4n) is 3.40. The molecule has 0 saturated carbocycles. The Bertz CT molecular complexity index is 594. The first kappa shape index (κ1) is 23.7. The van der Waals surface area contributed by atoms with E-state index in [0.717, 1.165) is 56.2 Å². The summed E-state index contributed by atoms with van der Waals surface area (Å²) in [5, 5.41) is 7.54. The van der Waals surface area contributed by atoms with Gasteiger partial charge in [-0.1, -0.05) is 19.0 Å². The van der Waals surface area contributed by atoms with Crippen LogP contribution in [0, 0.1) is 5.92 Å². The number of hydrogen-bond acceptors (Lipinski definition) is 5. The van der Waals surface area contributed by atoms with Crippen LogP contribution in [0.25, 0.3) is 0 Å². The molecule has 2 heterocycles. The summed E-state index contributed by atoms with van der Waals surface area (Å²) in [7, 11) is 1.77. The van der Waals surface area contributed by atoms with Crippen molar-refractivity contribution in [2.75, 3.05) is 26.7 Å². The number of esters is 1. The van der Waals surface area contributed by atoms with Gasteiger partial charge in [-0.2, -0.15) is 0 Å². The minimum Gasteiger partial charge on any atom is -0.466 e. The third kappa shape index (κ3) is 6.65. The molecule has 0 radical (unpaired) electrons. The van der Waals surface area contributed by atoms with E-state index >= 15 is 0 Å². The van der Waals surface area contributed by atoms with Crippen LogP contribution in [0.1, 0.15) is 63.8 Å². The van der Waals surface area contributed by atoms with Gasteiger partial charge >= 0.3 is 5.97 Å². The number of carbonyl (C=O) groups excluding carboxylic acids is 1. The number of aromatic nitrogens is 1. The molecule has 1 aliphatic heterocycles. The lowest BCUT2D eigenvalue weighted by atomic mass is 9.97. The highest BCUT2D eigenvalue weighted by atomic mass is 127. The molecule has 0 spiro atoms. The Morgan fingerprint density at radius 2 is 2.04 bits per heavy atom. The smallest absolute Gasteiger partial charge is 0.309 e. The van der Waals surface area contributed by atoms with Gasteiger partial charge in [0.1, 0.15) is 0 Å². The molecule has 154 valence electrons. The van der Waals surface area contributed by atoms with Crippen LogP contribution in [-0.2, 0) is 16.1 Å². The number of carbonyl (C=O) groups is 1. The van der Waals surface area contributed by atoms with Crippen LogP contribution in [0.2, 0.25) is 0 Å². The zero-order valence-electron chi connectivity index (χ0n) is 16.9. The first-order valence-corrected chi connectivity index (χ1v) is 9.70. The number of piperidine rings is 1. The minimum atomic E-state index is -0.0781. The number of nitrogens with one attached hydrogen (secondary N) is 1. The Morgan fingerprint density at radius 3 is 2.59 bits per heavy atom. The summed E-state index contributed by atoms with van der Waals surface area (Å²) in [6, 6.07) is 2.03. The van der Waals surface area contributed by atoms with E-state index in [9.17, 15) is 4.79 Å². The molecular weight excluding hydrogens is 459 g/mol. The predicted molar refractivity (Wildman–Crippen MR) is 116 cm³/mol. The average Bonchev–Trinajstić information content (AvgIpc) is 3.13. The molecule has 27 heavy (non-hydrogen) atoms. The van der Waals surface area contributed by atoms with Gasteiger partial charge in [-0.15, -0.1) is 24.0 Å². The van der Waals surface area contributed by atoms with Gasteiger partial charge < -0.3 is 19.5 Å². The quantitative estimate of drug-likeness (QED) is 0.272. The molecule has 1 saturated heterocycles. The number of rotatable bonds is 7. The van der Waals surface area contributed by atoms with Crippen molar-refractivity contribution < 1.29 is 14.1 Å². The largest absolute Gasteiger partial charge is 0.466 e. The van der Waals surface area contributed by atoms with Gasteiger partial charge in [-0.3, -0.25) is 9.79 Å². The molecule has 0 aromatic carbocycles. The summed E-state index contributed by atoms with van der Waals surface area (Å²) in [5.74, 6) is 2.02. The van der Waals surface area contributed by atoms with Gasteiger partial charge in [-0.05, 0) is 32.6 Å². The van der Waals surface area contributed by atoms with Gasteiger partial charge in [0.15, 0.2) is 11.7 Å². The van der Waals surface area contributed by atoms with Crippen molar-refractivity contribution in [2.24, 2.45) is 10.9 Å². The maximum atomic E-state index is 11.9. The molecule has 1 aromatic heterocycles. The van der Waals surface area contributed by atoms with E-state index in [1.807, 2.05) is 13.0 Å². The maximum Gasteiger partial charge on any atom is 0.309 e. The van der Waals surface area contributed by atoms with E-state index in [4.69, 9.17) is 9.26 Å². The van der Waals surface area contributed by atoms with Crippen molar-refractivity contribution >= 4 is 35.9 Å². The number of halogens is 1. The minimum absolute atomic E-state index is 0. The van der Waals surface area contributed by atoms with Crippen LogP contribution < -0.4 is 5.32 Å². The van der Waals surface area contributed by atoms with Crippen LogP contribution in [0.15, 0.2) is 15.6 Å². The third-order valence-corrected chi connectivity index (χ3v) is 5.03. The molecule has 1 aromatic rings. The lowest BCUT2D eigenvalue weighted by Crippen LogP contribution is -2.46. The Kier molecular flexibility index (Phi) is 10.7. The zero-order valence-corrected chi connectivity index (χ0v) is 19.2.